The van der Waals surface area contributed by atoms with E-state index in [-0.39, 0.29) is 17.5 Å². The summed E-state index contributed by atoms with van der Waals surface area (Å²) in [5.74, 6) is 0.0897. The largest absolute Gasteiger partial charge is 0.374 e. The lowest BCUT2D eigenvalue weighted by Crippen LogP contribution is -2.51. The van der Waals surface area contributed by atoms with Crippen molar-refractivity contribution in [3.63, 3.8) is 0 Å². The number of carbonyl (C=O) groups excluding carboxylic acids is 1. The Morgan fingerprint density at radius 1 is 1.47 bits per heavy atom. The van der Waals surface area contributed by atoms with Gasteiger partial charge in [-0.25, -0.2) is 9.78 Å². The van der Waals surface area contributed by atoms with Crippen molar-refractivity contribution in [1.82, 2.24) is 0 Å². The molecule has 2 rings (SSSR count). The molecule has 1 aliphatic heterocycles. The monoisotopic (exact) mass is 240 g/mol. The average Bonchev–Trinajstić information content (AvgIpc) is 2.26. The predicted molar refractivity (Wildman–Crippen MR) is 62.4 cm³/mol. The second kappa shape index (κ2) is 4.52. The molecule has 2 atom stereocenters. The third-order valence-corrected chi connectivity index (χ3v) is 2.96. The second-order valence-corrected chi connectivity index (χ2v) is 5.70. The van der Waals surface area contributed by atoms with Crippen molar-refractivity contribution in [3.05, 3.63) is 12.2 Å². The Kier molecular flexibility index (Phi) is 3.39. The van der Waals surface area contributed by atoms with Crippen LogP contribution in [-0.4, -0.2) is 29.7 Å². The van der Waals surface area contributed by atoms with Gasteiger partial charge in [-0.3, -0.25) is 4.79 Å². The van der Waals surface area contributed by atoms with Gasteiger partial charge in [0, 0.05) is 13.0 Å². The zero-order chi connectivity index (χ0) is 12.5. The third kappa shape index (κ3) is 2.94. The summed E-state index contributed by atoms with van der Waals surface area (Å²) in [7, 11) is 0. The summed E-state index contributed by atoms with van der Waals surface area (Å²) in [6.45, 7) is 6.48. The molecule has 1 fully saturated rings. The van der Waals surface area contributed by atoms with Gasteiger partial charge in [-0.2, -0.15) is 0 Å². The minimum atomic E-state index is -0.584. The molecule has 0 radical (unpaired) electrons. The van der Waals surface area contributed by atoms with Gasteiger partial charge >= 0.3 is 0 Å². The molecule has 0 spiro atoms. The van der Waals surface area contributed by atoms with E-state index in [4.69, 9.17) is 14.5 Å². The maximum atomic E-state index is 11.4. The summed E-state index contributed by atoms with van der Waals surface area (Å²) in [6, 6.07) is 0. The fourth-order valence-electron chi connectivity index (χ4n) is 2.11. The topological polar surface area (TPSA) is 44.8 Å². The van der Waals surface area contributed by atoms with Crippen LogP contribution in [-0.2, 0) is 19.3 Å². The molecule has 0 aromatic carbocycles. The minimum absolute atomic E-state index is 0.0897. The first-order chi connectivity index (χ1) is 7.91. The highest BCUT2D eigenvalue weighted by Crippen LogP contribution is 2.36. The van der Waals surface area contributed by atoms with Crippen LogP contribution < -0.4 is 0 Å². The Labute approximate surface area is 102 Å². The van der Waals surface area contributed by atoms with Crippen molar-refractivity contribution in [2.75, 3.05) is 6.61 Å². The predicted octanol–water partition coefficient (Wildman–Crippen LogP) is 2.18. The molecule has 0 aromatic heterocycles. The normalized spacial score (nSPS) is 33.6. The van der Waals surface area contributed by atoms with Gasteiger partial charge in [0.2, 0.25) is 0 Å². The Morgan fingerprint density at radius 2 is 2.24 bits per heavy atom. The van der Waals surface area contributed by atoms with E-state index in [2.05, 4.69) is 0 Å². The number of hydrogen-bond acceptors (Lipinski definition) is 4. The zero-order valence-electron chi connectivity index (χ0n) is 10.7. The molecule has 0 bridgehead atoms. The number of rotatable bonds is 2. The molecule has 1 aliphatic carbocycles. The van der Waals surface area contributed by atoms with E-state index in [1.54, 1.807) is 12.2 Å². The van der Waals surface area contributed by atoms with Crippen molar-refractivity contribution in [3.8, 4) is 0 Å². The summed E-state index contributed by atoms with van der Waals surface area (Å²) < 4.78 is 5.64. The molecule has 0 aromatic rings. The summed E-state index contributed by atoms with van der Waals surface area (Å²) >= 11 is 0. The van der Waals surface area contributed by atoms with Crippen molar-refractivity contribution in [2.45, 2.75) is 57.3 Å². The first-order valence-corrected chi connectivity index (χ1v) is 6.12. The summed E-state index contributed by atoms with van der Waals surface area (Å²) in [6.07, 6.45) is 5.30. The summed E-state index contributed by atoms with van der Waals surface area (Å²) in [5, 5.41) is 0. The van der Waals surface area contributed by atoms with E-state index in [1.165, 1.54) is 0 Å². The standard InChI is InChI=1S/C13H20O4/c1-12(2,3)16-17-13-6-4-8-15-11(13)9-10(14)5-7-13/h5,7,11H,4,6,8-9H2,1-3H3/t11-,13-/m1/s1. The number of fused-ring (bicyclic) bond motifs is 1. The highest BCUT2D eigenvalue weighted by molar-refractivity contribution is 5.91. The fourth-order valence-corrected chi connectivity index (χ4v) is 2.11. The fraction of sp³-hybridized carbons (Fsp3) is 0.769. The van der Waals surface area contributed by atoms with Crippen LogP contribution in [0.25, 0.3) is 0 Å². The Balaban J connectivity index is 2.12. The lowest BCUT2D eigenvalue weighted by atomic mass is 9.82. The van der Waals surface area contributed by atoms with Gasteiger partial charge in [0.05, 0.1) is 5.60 Å². The Bertz CT molecular complexity index is 329. The van der Waals surface area contributed by atoms with Crippen LogP contribution in [0.1, 0.15) is 40.0 Å². The van der Waals surface area contributed by atoms with E-state index in [9.17, 15) is 4.79 Å². The Hall–Kier alpha value is -0.710. The van der Waals surface area contributed by atoms with Crippen LogP contribution in [0.2, 0.25) is 0 Å². The molecular formula is C13H20O4. The number of ketones is 1. The van der Waals surface area contributed by atoms with Crippen molar-refractivity contribution in [1.29, 1.82) is 0 Å². The van der Waals surface area contributed by atoms with E-state index in [1.807, 2.05) is 20.8 Å². The van der Waals surface area contributed by atoms with E-state index >= 15 is 0 Å². The van der Waals surface area contributed by atoms with Crippen LogP contribution in [0, 0.1) is 0 Å². The quantitative estimate of drug-likeness (QED) is 0.548. The average molecular weight is 240 g/mol. The number of carbonyl (C=O) groups is 1. The van der Waals surface area contributed by atoms with Crippen molar-refractivity contribution >= 4 is 5.78 Å². The smallest absolute Gasteiger partial charge is 0.158 e. The molecular weight excluding hydrogens is 220 g/mol. The molecule has 17 heavy (non-hydrogen) atoms. The summed E-state index contributed by atoms with van der Waals surface area (Å²) in [5.41, 5.74) is -0.953. The summed E-state index contributed by atoms with van der Waals surface area (Å²) in [4.78, 5) is 22.4. The maximum Gasteiger partial charge on any atom is 0.158 e. The van der Waals surface area contributed by atoms with Gasteiger partial charge in [-0.05, 0) is 45.8 Å². The van der Waals surface area contributed by atoms with Gasteiger partial charge in [-0.1, -0.05) is 0 Å². The van der Waals surface area contributed by atoms with Crippen LogP contribution in [0.4, 0.5) is 0 Å². The maximum absolute atomic E-state index is 11.4. The Morgan fingerprint density at radius 3 is 2.94 bits per heavy atom. The first-order valence-electron chi connectivity index (χ1n) is 6.12. The van der Waals surface area contributed by atoms with E-state index in [0.717, 1.165) is 12.8 Å². The van der Waals surface area contributed by atoms with E-state index < -0.39 is 5.60 Å². The molecule has 0 amide bonds. The number of ether oxygens (including phenoxy) is 1. The van der Waals surface area contributed by atoms with Crippen molar-refractivity contribution in [2.24, 2.45) is 0 Å². The highest BCUT2D eigenvalue weighted by Gasteiger charge is 2.46. The minimum Gasteiger partial charge on any atom is -0.374 e. The molecule has 2 aliphatic rings. The lowest BCUT2D eigenvalue weighted by molar-refractivity contribution is -0.413. The molecule has 0 N–H and O–H groups in total. The van der Waals surface area contributed by atoms with Gasteiger partial charge in [0.15, 0.2) is 5.78 Å². The molecule has 4 heteroatoms. The lowest BCUT2D eigenvalue weighted by Gasteiger charge is -2.42. The van der Waals surface area contributed by atoms with Crippen LogP contribution >= 0.6 is 0 Å². The zero-order valence-corrected chi connectivity index (χ0v) is 10.7. The molecule has 0 unspecified atom stereocenters. The second-order valence-electron chi connectivity index (χ2n) is 5.70. The molecule has 0 saturated carbocycles. The van der Waals surface area contributed by atoms with E-state index in [0.29, 0.717) is 13.0 Å². The van der Waals surface area contributed by atoms with Crippen molar-refractivity contribution < 1.29 is 19.3 Å². The van der Waals surface area contributed by atoms with Crippen LogP contribution in [0.3, 0.4) is 0 Å². The first kappa shape index (κ1) is 12.7. The van der Waals surface area contributed by atoms with Gasteiger partial charge in [0.25, 0.3) is 0 Å². The molecule has 1 saturated heterocycles. The van der Waals surface area contributed by atoms with Gasteiger partial charge < -0.3 is 4.74 Å². The van der Waals surface area contributed by atoms with Crippen LogP contribution in [0.15, 0.2) is 12.2 Å². The number of allylic oxidation sites excluding steroid dienone is 1. The SMILES string of the molecule is CC(C)(C)OO[C@]12C=CC(=O)C[C@H]1OCCC2. The molecule has 4 nitrogen and oxygen atoms in total. The number of hydrogen-bond donors (Lipinski definition) is 0. The molecule has 1 heterocycles. The van der Waals surface area contributed by atoms with Gasteiger partial charge in [0.1, 0.15) is 11.7 Å². The highest BCUT2D eigenvalue weighted by atomic mass is 17.2. The van der Waals surface area contributed by atoms with Gasteiger partial charge in [-0.15, -0.1) is 0 Å². The third-order valence-electron chi connectivity index (χ3n) is 2.96. The molecule has 96 valence electrons. The van der Waals surface area contributed by atoms with Crippen LogP contribution in [0.5, 0.6) is 0 Å².